The van der Waals surface area contributed by atoms with Crippen molar-refractivity contribution in [2.45, 2.75) is 68.7 Å². The van der Waals surface area contributed by atoms with Crippen molar-refractivity contribution < 1.29 is 97.0 Å². The van der Waals surface area contributed by atoms with Crippen LogP contribution < -0.4 is 0 Å². The van der Waals surface area contributed by atoms with Gasteiger partial charge in [0.2, 0.25) is 0 Å². The van der Waals surface area contributed by atoms with Gasteiger partial charge < -0.3 is 25.2 Å². The van der Waals surface area contributed by atoms with E-state index in [4.69, 9.17) is 44.3 Å². The molecule has 2 saturated heterocycles. The van der Waals surface area contributed by atoms with Gasteiger partial charge in [0.05, 0.1) is 12.2 Å². The van der Waals surface area contributed by atoms with E-state index in [0.717, 1.165) is 52.0 Å². The second-order valence-corrected chi connectivity index (χ2v) is 11.0. The predicted molar refractivity (Wildman–Crippen MR) is 156 cm³/mol. The maximum atomic E-state index is 10.6. The fourth-order valence-corrected chi connectivity index (χ4v) is 4.23. The first-order valence-electron chi connectivity index (χ1n) is 14.5. The third-order valence-corrected chi connectivity index (χ3v) is 6.83. The van der Waals surface area contributed by atoms with Crippen LogP contribution in [-0.4, -0.2) is 127 Å². The molecule has 0 amide bonds. The number of carboxylic acid groups (broad SMARTS) is 4. The lowest BCUT2D eigenvalue weighted by atomic mass is 9.87. The van der Waals surface area contributed by atoms with E-state index in [9.17, 15) is 52.7 Å². The van der Waals surface area contributed by atoms with Gasteiger partial charge in [-0.05, 0) is 49.6 Å². The molecule has 4 heterocycles. The molecule has 2 aromatic heterocycles. The molecule has 13 nitrogen and oxygen atoms in total. The van der Waals surface area contributed by atoms with Crippen LogP contribution in [0.1, 0.15) is 30.4 Å². The maximum Gasteiger partial charge on any atom is 0.490 e. The summed E-state index contributed by atoms with van der Waals surface area (Å²) in [6, 6.07) is 8.83. The van der Waals surface area contributed by atoms with E-state index in [0.29, 0.717) is 6.04 Å². The number of carboxylic acids is 4. The van der Waals surface area contributed by atoms with Crippen LogP contribution in [0.2, 0.25) is 0 Å². The Bertz CT molecular complexity index is 1360. The van der Waals surface area contributed by atoms with Gasteiger partial charge in [0.15, 0.2) is 0 Å². The summed E-state index contributed by atoms with van der Waals surface area (Å²) < 4.78 is 133. The Kier molecular flexibility index (Phi) is 19.3. The molecular weight excluding hydrogens is 776 g/mol. The van der Waals surface area contributed by atoms with E-state index in [1.54, 1.807) is 0 Å². The Balaban J connectivity index is 0.000000820. The summed E-state index contributed by atoms with van der Waals surface area (Å²) in [6.45, 7) is 4.99. The van der Waals surface area contributed by atoms with Gasteiger partial charge in [-0.15, -0.1) is 0 Å². The van der Waals surface area contributed by atoms with Crippen LogP contribution in [0.3, 0.4) is 0 Å². The van der Waals surface area contributed by atoms with E-state index >= 15 is 0 Å². The van der Waals surface area contributed by atoms with E-state index < -0.39 is 48.6 Å². The van der Waals surface area contributed by atoms with Gasteiger partial charge in [-0.2, -0.15) is 52.7 Å². The monoisotopic (exact) mass is 808 g/mol. The molecule has 0 bridgehead atoms. The number of pyridine rings is 2. The molecule has 306 valence electrons. The summed E-state index contributed by atoms with van der Waals surface area (Å²) in [6.07, 6.45) is -9.34. The first kappa shape index (κ1) is 49.2. The number of rotatable bonds is 5. The summed E-state index contributed by atoms with van der Waals surface area (Å²) in [5.41, 5.74) is 2.64. The van der Waals surface area contributed by atoms with Crippen LogP contribution in [0.25, 0.3) is 0 Å². The molecule has 1 unspecified atom stereocenters. The highest BCUT2D eigenvalue weighted by Crippen LogP contribution is 2.38. The summed E-state index contributed by atoms with van der Waals surface area (Å²) in [5, 5.41) is 28.5. The Morgan fingerprint density at radius 1 is 0.722 bits per heavy atom. The number of nitrogens with zero attached hydrogens (tertiary/aromatic N) is 4. The first-order chi connectivity index (χ1) is 24.5. The minimum Gasteiger partial charge on any atom is -0.475 e. The molecule has 0 saturated carbocycles. The second kappa shape index (κ2) is 21.2. The highest BCUT2D eigenvalue weighted by Gasteiger charge is 2.44. The molecular formula is C29H32F12N4O9. The lowest BCUT2D eigenvalue weighted by Crippen LogP contribution is -2.44. The number of alkyl halides is 12. The van der Waals surface area contributed by atoms with Crippen molar-refractivity contribution >= 4 is 23.9 Å². The van der Waals surface area contributed by atoms with Crippen LogP contribution in [0.4, 0.5) is 52.7 Å². The molecule has 0 radical (unpaired) electrons. The molecule has 2 aliphatic rings. The van der Waals surface area contributed by atoms with Crippen LogP contribution in [0.15, 0.2) is 49.1 Å². The standard InChI is InChI=1S/C21H28N4O.4C2HF3O2/c1-24(15-18-4-2-8-22-13-18)20-12-21(26-17-20)6-10-25(11-7-21)16-19-5-3-9-23-14-19;4*3-2(4,5)1(6)7/h2-5,8-9,13-14,20H,6-7,10-12,15-17H2,1H3;4*(H,6,7). The molecule has 2 aliphatic heterocycles. The SMILES string of the molecule is CN(Cc1cccnc1)C1COC2(CCN(Cc3cccnc3)CC2)C1.O=C(O)C(F)(F)F.O=C(O)C(F)(F)F.O=C(O)C(F)(F)F.O=C(O)C(F)(F)F. The minimum atomic E-state index is -5.08. The van der Waals surface area contributed by atoms with Gasteiger partial charge in [0.25, 0.3) is 0 Å². The van der Waals surface area contributed by atoms with Gasteiger partial charge in [-0.1, -0.05) is 12.1 Å². The fraction of sp³-hybridized carbons (Fsp3) is 0.517. The van der Waals surface area contributed by atoms with Gasteiger partial charge >= 0.3 is 48.6 Å². The molecule has 0 aliphatic carbocycles. The highest BCUT2D eigenvalue weighted by molar-refractivity contribution is 5.74. The van der Waals surface area contributed by atoms with Crippen LogP contribution in [-0.2, 0) is 37.0 Å². The zero-order valence-corrected chi connectivity index (χ0v) is 27.5. The number of carbonyl (C=O) groups is 4. The second-order valence-electron chi connectivity index (χ2n) is 11.0. The number of aliphatic carboxylic acids is 4. The van der Waals surface area contributed by atoms with Crippen molar-refractivity contribution in [3.63, 3.8) is 0 Å². The summed E-state index contributed by atoms with van der Waals surface area (Å²) >= 11 is 0. The van der Waals surface area contributed by atoms with Crippen molar-refractivity contribution in [1.82, 2.24) is 19.8 Å². The Hall–Kier alpha value is -4.78. The molecule has 2 aromatic rings. The zero-order valence-electron chi connectivity index (χ0n) is 27.5. The number of likely N-dealkylation sites (N-methyl/N-ethyl adjacent to an activating group) is 1. The number of hydrogen-bond donors (Lipinski definition) is 4. The predicted octanol–water partition coefficient (Wildman–Crippen LogP) is 5.27. The normalized spacial score (nSPS) is 16.9. The summed E-state index contributed by atoms with van der Waals surface area (Å²) in [4.78, 5) is 49.0. The van der Waals surface area contributed by atoms with Crippen LogP contribution in [0, 0.1) is 0 Å². The van der Waals surface area contributed by atoms with Crippen molar-refractivity contribution in [2.75, 3.05) is 26.7 Å². The number of ether oxygens (including phenoxy) is 1. The third-order valence-electron chi connectivity index (χ3n) is 6.83. The Morgan fingerprint density at radius 3 is 1.39 bits per heavy atom. The molecule has 4 rings (SSSR count). The van der Waals surface area contributed by atoms with Gasteiger partial charge in [0.1, 0.15) is 0 Å². The minimum absolute atomic E-state index is 0.0826. The molecule has 4 N–H and O–H groups in total. The average molecular weight is 809 g/mol. The molecule has 1 atom stereocenters. The lowest BCUT2D eigenvalue weighted by molar-refractivity contribution is -0.193. The maximum absolute atomic E-state index is 10.6. The topological polar surface area (TPSA) is 191 Å². The quantitative estimate of drug-likeness (QED) is 0.287. The Labute approximate surface area is 296 Å². The first-order valence-corrected chi connectivity index (χ1v) is 14.5. The van der Waals surface area contributed by atoms with Gasteiger partial charge in [-0.3, -0.25) is 19.8 Å². The van der Waals surface area contributed by atoms with Gasteiger partial charge in [-0.25, -0.2) is 19.2 Å². The third kappa shape index (κ3) is 20.5. The van der Waals surface area contributed by atoms with Crippen molar-refractivity contribution in [2.24, 2.45) is 0 Å². The number of hydrogen-bond acceptors (Lipinski definition) is 9. The summed E-state index contributed by atoms with van der Waals surface area (Å²) in [5.74, 6) is -11.0. The lowest BCUT2D eigenvalue weighted by Gasteiger charge is -2.39. The van der Waals surface area contributed by atoms with Gasteiger partial charge in [0, 0.05) is 57.0 Å². The van der Waals surface area contributed by atoms with E-state index in [-0.39, 0.29) is 5.60 Å². The van der Waals surface area contributed by atoms with E-state index in [1.807, 2.05) is 36.9 Å². The van der Waals surface area contributed by atoms with E-state index in [1.165, 1.54) is 11.1 Å². The van der Waals surface area contributed by atoms with Crippen LogP contribution >= 0.6 is 0 Å². The zero-order chi connectivity index (χ0) is 42.1. The highest BCUT2D eigenvalue weighted by atomic mass is 19.4. The molecule has 25 heteroatoms. The van der Waals surface area contributed by atoms with Crippen molar-refractivity contribution in [3.8, 4) is 0 Å². The number of likely N-dealkylation sites (tertiary alicyclic amines) is 1. The summed E-state index contributed by atoms with van der Waals surface area (Å²) in [7, 11) is 2.21. The molecule has 0 aromatic carbocycles. The molecule has 54 heavy (non-hydrogen) atoms. The number of piperidine rings is 1. The van der Waals surface area contributed by atoms with Crippen molar-refractivity contribution in [3.05, 3.63) is 60.2 Å². The smallest absolute Gasteiger partial charge is 0.475 e. The fourth-order valence-electron chi connectivity index (χ4n) is 4.23. The largest absolute Gasteiger partial charge is 0.490 e. The van der Waals surface area contributed by atoms with E-state index in [2.05, 4.69) is 38.9 Å². The average Bonchev–Trinajstić information content (AvgIpc) is 3.46. The Morgan fingerprint density at radius 2 is 1.07 bits per heavy atom. The molecule has 1 spiro atoms. The van der Waals surface area contributed by atoms with Crippen molar-refractivity contribution in [1.29, 1.82) is 0 Å². The number of halogens is 12. The number of aromatic nitrogens is 2. The molecule has 2 fully saturated rings. The van der Waals surface area contributed by atoms with Crippen LogP contribution in [0.5, 0.6) is 0 Å².